The summed E-state index contributed by atoms with van der Waals surface area (Å²) < 4.78 is 39.6. The fraction of sp³-hybridized carbons (Fsp3) is 0.625. The molecule has 1 aliphatic rings. The zero-order valence-electron chi connectivity index (χ0n) is 23.3. The highest BCUT2D eigenvalue weighted by Gasteiger charge is 2.37. The quantitative estimate of drug-likeness (QED) is 0.113. The highest BCUT2D eigenvalue weighted by molar-refractivity contribution is 7.89. The Kier molecular flexibility index (Phi) is 11.8. The van der Waals surface area contributed by atoms with Gasteiger partial charge in [0.25, 0.3) is 5.96 Å². The van der Waals surface area contributed by atoms with E-state index in [0.29, 0.717) is 19.4 Å². The molecule has 5 N–H and O–H groups in total. The number of benzene rings is 1. The van der Waals surface area contributed by atoms with Crippen LogP contribution in [0.2, 0.25) is 0 Å². The molecule has 2 unspecified atom stereocenters. The van der Waals surface area contributed by atoms with Crippen LogP contribution in [0.25, 0.3) is 0 Å². The van der Waals surface area contributed by atoms with Crippen molar-refractivity contribution in [2.24, 2.45) is 10.8 Å². The smallest absolute Gasteiger partial charge is 0.270 e. The van der Waals surface area contributed by atoms with Crippen LogP contribution in [0.15, 0.2) is 40.3 Å². The molecule has 0 aliphatic carbocycles. The van der Waals surface area contributed by atoms with Gasteiger partial charge in [0.15, 0.2) is 11.3 Å². The number of hydrogen-bond donors (Lipinski definition) is 4. The van der Waals surface area contributed by atoms with E-state index in [1.54, 1.807) is 45.9 Å². The Balaban J connectivity index is 2.15. The van der Waals surface area contributed by atoms with Crippen molar-refractivity contribution < 1.29 is 32.5 Å². The largest absolute Gasteiger partial charge is 0.374 e. The van der Waals surface area contributed by atoms with Gasteiger partial charge in [0.2, 0.25) is 21.8 Å². The van der Waals surface area contributed by atoms with Gasteiger partial charge in [-0.2, -0.15) is 4.72 Å². The van der Waals surface area contributed by atoms with Crippen molar-refractivity contribution in [2.75, 3.05) is 19.8 Å². The molecule has 40 heavy (non-hydrogen) atoms. The number of carbonyl (C=O) groups excluding carboxylic acids is 2. The van der Waals surface area contributed by atoms with Crippen molar-refractivity contribution in [3.8, 4) is 0 Å². The highest BCUT2D eigenvalue weighted by Crippen LogP contribution is 2.19. The minimum absolute atomic E-state index is 0.0296. The number of hydrogen-bond acceptors (Lipinski definition) is 8. The number of nitrogens with zero attached hydrogens (tertiary/aromatic N) is 3. The number of carbonyl (C=O) groups is 2. The van der Waals surface area contributed by atoms with E-state index in [2.05, 4.69) is 20.5 Å². The molecule has 0 radical (unpaired) electrons. The molecule has 15 nitrogen and oxygen atoms in total. The molecule has 2 rings (SSSR count). The van der Waals surface area contributed by atoms with Crippen LogP contribution in [-0.2, 0) is 29.1 Å². The molecule has 1 aromatic rings. The summed E-state index contributed by atoms with van der Waals surface area (Å²) in [7, 11) is -4.07. The van der Waals surface area contributed by atoms with Crippen molar-refractivity contribution >= 4 is 27.8 Å². The van der Waals surface area contributed by atoms with E-state index in [0.717, 1.165) is 0 Å². The fourth-order valence-electron chi connectivity index (χ4n) is 3.91. The third-order valence-corrected chi connectivity index (χ3v) is 7.30. The Bertz CT molecular complexity index is 1160. The van der Waals surface area contributed by atoms with E-state index in [1.165, 1.54) is 24.0 Å². The van der Waals surface area contributed by atoms with Crippen LogP contribution in [0.5, 0.6) is 0 Å². The number of guanidine groups is 1. The second kappa shape index (κ2) is 14.3. The summed E-state index contributed by atoms with van der Waals surface area (Å²) in [5, 5.41) is 18.4. The molecular weight excluding hydrogens is 546 g/mol. The van der Waals surface area contributed by atoms with Gasteiger partial charge in [-0.25, -0.2) is 18.5 Å². The Morgan fingerprint density at radius 2 is 1.90 bits per heavy atom. The number of nitrogens with one attached hydrogen (secondary N) is 3. The van der Waals surface area contributed by atoms with Crippen molar-refractivity contribution in [3.63, 3.8) is 0 Å². The first kappa shape index (κ1) is 32.9. The molecule has 224 valence electrons. The number of rotatable bonds is 12. The van der Waals surface area contributed by atoms with Gasteiger partial charge in [-0.05, 0) is 59.6 Å². The number of piperidine rings is 1. The fourth-order valence-corrected chi connectivity index (χ4v) is 5.11. The van der Waals surface area contributed by atoms with Gasteiger partial charge in [0.1, 0.15) is 17.2 Å². The summed E-state index contributed by atoms with van der Waals surface area (Å²) in [6.07, 6.45) is 0.203. The predicted molar refractivity (Wildman–Crippen MR) is 146 cm³/mol. The minimum atomic E-state index is -4.07. The van der Waals surface area contributed by atoms with E-state index in [4.69, 9.17) is 15.2 Å². The monoisotopic (exact) mass is 585 g/mol. The molecule has 16 heteroatoms. The third kappa shape index (κ3) is 10.0. The van der Waals surface area contributed by atoms with E-state index < -0.39 is 56.8 Å². The van der Waals surface area contributed by atoms with Crippen molar-refractivity contribution in [1.29, 1.82) is 0 Å². The van der Waals surface area contributed by atoms with E-state index in [9.17, 15) is 28.1 Å². The van der Waals surface area contributed by atoms with Crippen LogP contribution in [-0.4, -0.2) is 85.8 Å². The maximum absolute atomic E-state index is 13.2. The van der Waals surface area contributed by atoms with Crippen LogP contribution in [0.1, 0.15) is 47.5 Å². The Morgan fingerprint density at radius 3 is 2.48 bits per heavy atom. The van der Waals surface area contributed by atoms with Gasteiger partial charge < -0.3 is 30.7 Å². The van der Waals surface area contributed by atoms with Gasteiger partial charge in [-0.15, -0.1) is 0 Å². The molecule has 4 atom stereocenters. The van der Waals surface area contributed by atoms with E-state index in [1.807, 2.05) is 0 Å². The van der Waals surface area contributed by atoms with E-state index in [-0.39, 0.29) is 24.1 Å². The zero-order chi connectivity index (χ0) is 30.1. The van der Waals surface area contributed by atoms with Crippen LogP contribution in [0.4, 0.5) is 0 Å². The standard InChI is InChI=1S/C24H39N7O8S/c1-6-38-22-18(13-10-14-30(22)23(25)28-31(34)35)27-20(32)16(2)26-21(33)19(15-39-24(3,4)5)29-40(36,37)17-11-8-7-9-12-17/h7-9,11-12,16,18-19,22,29H,6,10,13-15H2,1-5H3,(H2,25,28)(H,26,33)(H,27,32)/t16-,18?,19+,22?/m0/s1. The summed E-state index contributed by atoms with van der Waals surface area (Å²) in [6.45, 7) is 8.74. The summed E-state index contributed by atoms with van der Waals surface area (Å²) >= 11 is 0. The molecule has 1 aliphatic heterocycles. The minimum Gasteiger partial charge on any atom is -0.374 e. The lowest BCUT2D eigenvalue weighted by Gasteiger charge is -2.41. The average Bonchev–Trinajstić information content (AvgIpc) is 2.87. The predicted octanol–water partition coefficient (Wildman–Crippen LogP) is 0.103. The molecule has 0 saturated carbocycles. The molecule has 1 saturated heterocycles. The molecule has 0 spiro atoms. The van der Waals surface area contributed by atoms with Gasteiger partial charge in [0, 0.05) is 13.2 Å². The van der Waals surface area contributed by atoms with Gasteiger partial charge in [-0.1, -0.05) is 18.2 Å². The first-order valence-electron chi connectivity index (χ1n) is 12.8. The molecule has 1 aromatic carbocycles. The summed E-state index contributed by atoms with van der Waals surface area (Å²) in [4.78, 5) is 38.4. The number of nitro groups is 1. The lowest BCUT2D eigenvalue weighted by molar-refractivity contribution is -0.486. The molecule has 1 fully saturated rings. The topological polar surface area (TPSA) is 208 Å². The number of sulfonamides is 1. The maximum Gasteiger partial charge on any atom is 0.270 e. The number of hydrazone groups is 1. The summed E-state index contributed by atoms with van der Waals surface area (Å²) in [5.41, 5.74) is 5.12. The normalized spacial score (nSPS) is 19.9. The maximum atomic E-state index is 13.2. The number of nitrogens with two attached hydrogens (primary N) is 1. The lowest BCUT2D eigenvalue weighted by Crippen LogP contribution is -2.62. The second-order valence-corrected chi connectivity index (χ2v) is 11.8. The second-order valence-electron chi connectivity index (χ2n) is 10.1. The Labute approximate surface area is 234 Å². The van der Waals surface area contributed by atoms with Crippen LogP contribution >= 0.6 is 0 Å². The number of likely N-dealkylation sites (tertiary alicyclic amines) is 1. The molecule has 0 aromatic heterocycles. The Morgan fingerprint density at radius 1 is 1.25 bits per heavy atom. The van der Waals surface area contributed by atoms with Crippen molar-refractivity contribution in [1.82, 2.24) is 20.3 Å². The van der Waals surface area contributed by atoms with Crippen LogP contribution < -0.4 is 21.1 Å². The zero-order valence-corrected chi connectivity index (χ0v) is 24.1. The van der Waals surface area contributed by atoms with E-state index >= 15 is 0 Å². The van der Waals surface area contributed by atoms with Crippen LogP contribution in [0, 0.1) is 10.1 Å². The van der Waals surface area contributed by atoms with Gasteiger partial charge in [-0.3, -0.25) is 9.59 Å². The molecule has 1 heterocycles. The van der Waals surface area contributed by atoms with Crippen molar-refractivity contribution in [2.45, 2.75) is 82.3 Å². The van der Waals surface area contributed by atoms with Gasteiger partial charge >= 0.3 is 0 Å². The number of ether oxygens (including phenoxy) is 2. The summed E-state index contributed by atoms with van der Waals surface area (Å²) in [6, 6.07) is 4.54. The average molecular weight is 586 g/mol. The molecule has 2 amide bonds. The molecular formula is C24H39N7O8S. The first-order chi connectivity index (χ1) is 18.6. The highest BCUT2D eigenvalue weighted by atomic mass is 32.2. The van der Waals surface area contributed by atoms with Gasteiger partial charge in [0.05, 0.1) is 23.1 Å². The third-order valence-electron chi connectivity index (χ3n) is 5.81. The number of amides is 2. The molecule has 0 bridgehead atoms. The van der Waals surface area contributed by atoms with Crippen molar-refractivity contribution in [3.05, 3.63) is 40.4 Å². The van der Waals surface area contributed by atoms with Crippen LogP contribution in [0.3, 0.4) is 0 Å². The Hall–Kier alpha value is -3.34. The lowest BCUT2D eigenvalue weighted by atomic mass is 10.0. The SMILES string of the molecule is CCOC1C(NC(=O)[C@H](C)NC(=O)[C@@H](COC(C)(C)C)NS(=O)(=O)c2ccccc2)CCCN1/C(N)=N/[N+](=O)[O-]. The summed E-state index contributed by atoms with van der Waals surface area (Å²) in [5.74, 6) is -1.69. The first-order valence-corrected chi connectivity index (χ1v) is 14.3.